The van der Waals surface area contributed by atoms with Crippen LogP contribution in [0, 0.1) is 0 Å². The maximum Gasteiger partial charge on any atom is 0.231 e. The maximum absolute atomic E-state index is 11.7. The highest BCUT2D eigenvalue weighted by Gasteiger charge is 2.25. The monoisotopic (exact) mass is 383 g/mol. The Morgan fingerprint density at radius 1 is 1.19 bits per heavy atom. The second kappa shape index (κ2) is 5.64. The lowest BCUT2D eigenvalue weighted by Gasteiger charge is -2.14. The number of nitrogens with zero attached hydrogens (tertiary/aromatic N) is 1. The molecule has 3 rings (SSSR count). The minimum Gasteiger partial charge on any atom is -0.315 e. The third-order valence-corrected chi connectivity index (χ3v) is 5.45. The molecule has 1 aliphatic rings. The minimum atomic E-state index is -0.290. The highest BCUT2D eigenvalue weighted by molar-refractivity contribution is 9.10. The Kier molecular flexibility index (Phi) is 4.00. The molecule has 0 spiro atoms. The van der Waals surface area contributed by atoms with Crippen LogP contribution >= 0.6 is 39.1 Å². The molecule has 2 aromatic carbocycles. The Morgan fingerprint density at radius 2 is 1.86 bits per heavy atom. The zero-order chi connectivity index (χ0) is 15.1. The largest absolute Gasteiger partial charge is 0.315 e. The number of fused-ring (bicyclic) bond motifs is 1. The highest BCUT2D eigenvalue weighted by Crippen LogP contribution is 2.36. The summed E-state index contributed by atoms with van der Waals surface area (Å²) in [6.07, 6.45) is 0.435. The predicted octanol–water partition coefficient (Wildman–Crippen LogP) is 4.95. The van der Waals surface area contributed by atoms with Crippen molar-refractivity contribution in [3.05, 3.63) is 62.6 Å². The van der Waals surface area contributed by atoms with E-state index in [0.717, 1.165) is 26.9 Å². The Bertz CT molecular complexity index is 732. The lowest BCUT2D eigenvalue weighted by molar-refractivity contribution is -0.117. The van der Waals surface area contributed by atoms with Gasteiger partial charge in [-0.15, -0.1) is 11.6 Å². The van der Waals surface area contributed by atoms with E-state index in [4.69, 9.17) is 23.2 Å². The lowest BCUT2D eigenvalue weighted by Crippen LogP contribution is -2.20. The van der Waals surface area contributed by atoms with Crippen molar-refractivity contribution >= 4 is 50.7 Å². The molecule has 108 valence electrons. The second-order valence-electron chi connectivity index (χ2n) is 5.05. The second-order valence-corrected chi connectivity index (χ2v) is 6.75. The molecule has 1 aliphatic heterocycles. The van der Waals surface area contributed by atoms with E-state index in [2.05, 4.69) is 15.9 Å². The molecule has 0 radical (unpaired) electrons. The van der Waals surface area contributed by atoms with Crippen LogP contribution in [-0.4, -0.2) is 13.0 Å². The number of anilines is 1. The summed E-state index contributed by atoms with van der Waals surface area (Å²) in [6, 6.07) is 11.6. The number of carbonyl (C=O) groups is 1. The SMILES string of the molecule is CN1C(=O)Cc2cc(C(Cl)c3ccc(Br)c(Cl)c3)ccc21. The molecule has 0 bridgehead atoms. The van der Waals surface area contributed by atoms with Crippen LogP contribution in [0.5, 0.6) is 0 Å². The fourth-order valence-corrected chi connectivity index (χ4v) is 3.22. The van der Waals surface area contributed by atoms with Gasteiger partial charge in [-0.1, -0.05) is 29.8 Å². The molecule has 21 heavy (non-hydrogen) atoms. The summed E-state index contributed by atoms with van der Waals surface area (Å²) in [5.74, 6) is 0.111. The Labute approximate surface area is 141 Å². The topological polar surface area (TPSA) is 20.3 Å². The van der Waals surface area contributed by atoms with Gasteiger partial charge in [0.2, 0.25) is 5.91 Å². The lowest BCUT2D eigenvalue weighted by atomic mass is 10.0. The van der Waals surface area contributed by atoms with Crippen LogP contribution in [0.25, 0.3) is 0 Å². The van der Waals surface area contributed by atoms with Crippen molar-refractivity contribution in [1.82, 2.24) is 0 Å². The number of likely N-dealkylation sites (N-methyl/N-ethyl adjacent to an activating group) is 1. The molecule has 0 aromatic heterocycles. The van der Waals surface area contributed by atoms with Crippen molar-refractivity contribution in [3.8, 4) is 0 Å². The number of amides is 1. The van der Waals surface area contributed by atoms with Crippen LogP contribution in [-0.2, 0) is 11.2 Å². The van der Waals surface area contributed by atoms with E-state index in [1.807, 2.05) is 36.4 Å². The molecule has 2 aromatic rings. The summed E-state index contributed by atoms with van der Waals surface area (Å²) in [5.41, 5.74) is 3.88. The van der Waals surface area contributed by atoms with Gasteiger partial charge in [-0.05, 0) is 50.8 Å². The third-order valence-electron chi connectivity index (χ3n) is 3.71. The smallest absolute Gasteiger partial charge is 0.231 e. The molecule has 0 saturated carbocycles. The van der Waals surface area contributed by atoms with E-state index in [0.29, 0.717) is 11.4 Å². The molecular weight excluding hydrogens is 373 g/mol. The summed E-state index contributed by atoms with van der Waals surface area (Å²) in [5, 5.41) is 0.344. The average Bonchev–Trinajstić information content (AvgIpc) is 2.76. The molecule has 5 heteroatoms. The first-order chi connectivity index (χ1) is 9.97. The first kappa shape index (κ1) is 14.9. The normalized spacial score (nSPS) is 15.2. The van der Waals surface area contributed by atoms with Gasteiger partial charge in [0, 0.05) is 17.2 Å². The van der Waals surface area contributed by atoms with Crippen molar-refractivity contribution < 1.29 is 4.79 Å². The number of benzene rings is 2. The van der Waals surface area contributed by atoms with Crippen LogP contribution in [0.4, 0.5) is 5.69 Å². The molecular formula is C16H12BrCl2NO. The highest BCUT2D eigenvalue weighted by atomic mass is 79.9. The van der Waals surface area contributed by atoms with E-state index < -0.39 is 0 Å². The summed E-state index contributed by atoms with van der Waals surface area (Å²) in [6.45, 7) is 0. The van der Waals surface area contributed by atoms with Crippen molar-refractivity contribution in [1.29, 1.82) is 0 Å². The molecule has 1 atom stereocenters. The van der Waals surface area contributed by atoms with Crippen LogP contribution in [0.1, 0.15) is 22.1 Å². The zero-order valence-electron chi connectivity index (χ0n) is 11.2. The maximum atomic E-state index is 11.7. The van der Waals surface area contributed by atoms with Gasteiger partial charge in [0.1, 0.15) is 0 Å². The zero-order valence-corrected chi connectivity index (χ0v) is 14.3. The first-order valence-corrected chi connectivity index (χ1v) is 8.06. The molecule has 0 N–H and O–H groups in total. The van der Waals surface area contributed by atoms with Crippen LogP contribution in [0.15, 0.2) is 40.9 Å². The number of alkyl halides is 1. The summed E-state index contributed by atoms with van der Waals surface area (Å²) < 4.78 is 0.845. The molecule has 2 nitrogen and oxygen atoms in total. The summed E-state index contributed by atoms with van der Waals surface area (Å²) >= 11 is 16.0. The summed E-state index contributed by atoms with van der Waals surface area (Å²) in [4.78, 5) is 13.4. The van der Waals surface area contributed by atoms with Crippen molar-refractivity contribution in [2.24, 2.45) is 0 Å². The minimum absolute atomic E-state index is 0.111. The molecule has 0 fully saturated rings. The van der Waals surface area contributed by atoms with E-state index in [9.17, 15) is 4.79 Å². The van der Waals surface area contributed by atoms with E-state index in [1.54, 1.807) is 11.9 Å². The molecule has 1 heterocycles. The van der Waals surface area contributed by atoms with E-state index in [-0.39, 0.29) is 11.3 Å². The Balaban J connectivity index is 1.96. The average molecular weight is 385 g/mol. The summed E-state index contributed by atoms with van der Waals surface area (Å²) in [7, 11) is 1.79. The quantitative estimate of drug-likeness (QED) is 0.670. The fraction of sp³-hybridized carbons (Fsp3) is 0.188. The molecule has 0 aliphatic carbocycles. The van der Waals surface area contributed by atoms with Gasteiger partial charge < -0.3 is 4.90 Å². The van der Waals surface area contributed by atoms with Gasteiger partial charge in [-0.25, -0.2) is 0 Å². The molecule has 1 unspecified atom stereocenters. The molecule has 1 amide bonds. The van der Waals surface area contributed by atoms with Crippen molar-refractivity contribution in [2.45, 2.75) is 11.8 Å². The molecule has 0 saturated heterocycles. The van der Waals surface area contributed by atoms with Crippen LogP contribution in [0.3, 0.4) is 0 Å². The predicted molar refractivity (Wildman–Crippen MR) is 90.4 cm³/mol. The number of rotatable bonds is 2. The van der Waals surface area contributed by atoms with Crippen LogP contribution in [0.2, 0.25) is 5.02 Å². The first-order valence-electron chi connectivity index (χ1n) is 6.46. The van der Waals surface area contributed by atoms with Gasteiger partial charge in [0.15, 0.2) is 0 Å². The van der Waals surface area contributed by atoms with Gasteiger partial charge in [0.05, 0.1) is 16.8 Å². The third kappa shape index (κ3) is 2.70. The number of halogens is 3. The number of hydrogen-bond donors (Lipinski definition) is 0. The fourth-order valence-electron chi connectivity index (χ4n) is 2.51. The number of carbonyl (C=O) groups excluding carboxylic acids is 1. The number of hydrogen-bond acceptors (Lipinski definition) is 1. The standard InChI is InChI=1S/C16H12BrCl2NO/c1-20-14-5-3-9(6-11(14)8-15(20)21)16(19)10-2-4-12(17)13(18)7-10/h2-7,16H,8H2,1H3. The van der Waals surface area contributed by atoms with Gasteiger partial charge >= 0.3 is 0 Å². The van der Waals surface area contributed by atoms with E-state index in [1.165, 1.54) is 0 Å². The van der Waals surface area contributed by atoms with Gasteiger partial charge in [0.25, 0.3) is 0 Å². The van der Waals surface area contributed by atoms with E-state index >= 15 is 0 Å². The van der Waals surface area contributed by atoms with Gasteiger partial charge in [-0.3, -0.25) is 4.79 Å². The Hall–Kier alpha value is -1.03. The van der Waals surface area contributed by atoms with Gasteiger partial charge in [-0.2, -0.15) is 0 Å². The Morgan fingerprint density at radius 3 is 2.57 bits per heavy atom. The van der Waals surface area contributed by atoms with Crippen molar-refractivity contribution in [3.63, 3.8) is 0 Å². The van der Waals surface area contributed by atoms with Crippen LogP contribution < -0.4 is 4.90 Å². The van der Waals surface area contributed by atoms with Crippen molar-refractivity contribution in [2.75, 3.05) is 11.9 Å².